The van der Waals surface area contributed by atoms with Crippen LogP contribution in [0.15, 0.2) is 133 Å². The van der Waals surface area contributed by atoms with Gasteiger partial charge in [0.25, 0.3) is 0 Å². The van der Waals surface area contributed by atoms with Gasteiger partial charge in [0.15, 0.2) is 0 Å². The van der Waals surface area contributed by atoms with Crippen molar-refractivity contribution in [3.05, 3.63) is 145 Å². The van der Waals surface area contributed by atoms with Gasteiger partial charge in [0.1, 0.15) is 0 Å². The Kier molecular flexibility index (Phi) is 4.49. The van der Waals surface area contributed by atoms with Crippen molar-refractivity contribution in [1.29, 1.82) is 0 Å². The Bertz CT molecular complexity index is 2270. The molecule has 1 aliphatic rings. The lowest BCUT2D eigenvalue weighted by Crippen LogP contribution is -2.14. The fraction of sp³-hybridized carbons (Fsp3) is 0.0732. The van der Waals surface area contributed by atoms with Crippen LogP contribution < -0.4 is 0 Å². The molecule has 0 heteroatoms. The highest BCUT2D eigenvalue weighted by Crippen LogP contribution is 2.49. The molecule has 41 heavy (non-hydrogen) atoms. The molecule has 0 spiro atoms. The maximum absolute atomic E-state index is 2.41. The highest BCUT2D eigenvalue weighted by molar-refractivity contribution is 6.23. The Morgan fingerprint density at radius 3 is 1.54 bits per heavy atom. The zero-order valence-electron chi connectivity index (χ0n) is 23.2. The van der Waals surface area contributed by atoms with Crippen molar-refractivity contribution in [2.24, 2.45) is 0 Å². The molecule has 0 bridgehead atoms. The minimum absolute atomic E-state index is 0.00983. The molecule has 0 amide bonds. The standard InChI is InChI=1S/C41H28/c1-41(2)37-9-4-3-8-35(37)36-19-18-31(24-38(36)41)29-13-12-28-21-30(15-14-27(28)20-29)34-22-32-16-10-25-6-5-7-26-11-17-33(23-34)40(32)39(25)26/h3-24H,1-2H3. The van der Waals surface area contributed by atoms with Gasteiger partial charge in [-0.05, 0) is 118 Å². The number of benzene rings is 8. The van der Waals surface area contributed by atoms with E-state index in [1.807, 2.05) is 0 Å². The second-order valence-corrected chi connectivity index (χ2v) is 12.2. The predicted molar refractivity (Wildman–Crippen MR) is 176 cm³/mol. The van der Waals surface area contributed by atoms with Gasteiger partial charge >= 0.3 is 0 Å². The maximum atomic E-state index is 2.41. The minimum atomic E-state index is 0.00983. The van der Waals surface area contributed by atoms with Crippen LogP contribution in [0.3, 0.4) is 0 Å². The van der Waals surface area contributed by atoms with Crippen LogP contribution in [-0.4, -0.2) is 0 Å². The van der Waals surface area contributed by atoms with Crippen molar-refractivity contribution in [3.8, 4) is 33.4 Å². The van der Waals surface area contributed by atoms with Crippen LogP contribution in [0, 0.1) is 0 Å². The summed E-state index contributed by atoms with van der Waals surface area (Å²) < 4.78 is 0. The van der Waals surface area contributed by atoms with Gasteiger partial charge in [-0.25, -0.2) is 0 Å². The van der Waals surface area contributed by atoms with Crippen LogP contribution in [-0.2, 0) is 5.41 Å². The molecule has 0 fully saturated rings. The fourth-order valence-corrected chi connectivity index (χ4v) is 7.41. The molecule has 1 aliphatic carbocycles. The first-order valence-electron chi connectivity index (χ1n) is 14.5. The summed E-state index contributed by atoms with van der Waals surface area (Å²) in [6.07, 6.45) is 0. The largest absolute Gasteiger partial charge is 0.0619 e. The van der Waals surface area contributed by atoms with E-state index in [0.29, 0.717) is 0 Å². The molecule has 0 unspecified atom stereocenters. The zero-order chi connectivity index (χ0) is 27.3. The lowest BCUT2D eigenvalue weighted by Gasteiger charge is -2.22. The maximum Gasteiger partial charge on any atom is 0.0159 e. The van der Waals surface area contributed by atoms with E-state index in [1.165, 1.54) is 87.6 Å². The van der Waals surface area contributed by atoms with Gasteiger partial charge < -0.3 is 0 Å². The van der Waals surface area contributed by atoms with Crippen LogP contribution in [0.5, 0.6) is 0 Å². The summed E-state index contributed by atoms with van der Waals surface area (Å²) in [6.45, 7) is 4.70. The van der Waals surface area contributed by atoms with Crippen molar-refractivity contribution in [2.75, 3.05) is 0 Å². The van der Waals surface area contributed by atoms with Gasteiger partial charge in [-0.15, -0.1) is 0 Å². The third-order valence-corrected chi connectivity index (χ3v) is 9.55. The van der Waals surface area contributed by atoms with Crippen LogP contribution in [0.2, 0.25) is 0 Å². The Morgan fingerprint density at radius 1 is 0.341 bits per heavy atom. The van der Waals surface area contributed by atoms with E-state index in [-0.39, 0.29) is 5.41 Å². The number of hydrogen-bond acceptors (Lipinski definition) is 0. The summed E-state index contributed by atoms with van der Waals surface area (Å²) in [4.78, 5) is 0. The zero-order valence-corrected chi connectivity index (χ0v) is 23.2. The van der Waals surface area contributed by atoms with E-state index in [1.54, 1.807) is 0 Å². The summed E-state index contributed by atoms with van der Waals surface area (Å²) in [5.41, 5.74) is 10.7. The van der Waals surface area contributed by atoms with Gasteiger partial charge in [-0.3, -0.25) is 0 Å². The quantitative estimate of drug-likeness (QED) is 0.199. The smallest absolute Gasteiger partial charge is 0.0159 e. The molecule has 0 nitrogen and oxygen atoms in total. The molecule has 0 N–H and O–H groups in total. The van der Waals surface area contributed by atoms with Crippen LogP contribution in [0.25, 0.3) is 76.5 Å². The van der Waals surface area contributed by atoms with Crippen molar-refractivity contribution in [3.63, 3.8) is 0 Å². The third-order valence-electron chi connectivity index (χ3n) is 9.55. The molecule has 0 saturated heterocycles. The SMILES string of the molecule is CC1(C)c2ccccc2-c2ccc(-c3ccc4cc(-c5cc6ccc7cccc8ccc(c5)c6c78)ccc4c3)cc21. The first-order valence-corrected chi connectivity index (χ1v) is 14.5. The van der Waals surface area contributed by atoms with Crippen LogP contribution in [0.4, 0.5) is 0 Å². The van der Waals surface area contributed by atoms with E-state index < -0.39 is 0 Å². The second kappa shape index (κ2) is 8.05. The van der Waals surface area contributed by atoms with Crippen molar-refractivity contribution < 1.29 is 0 Å². The molecule has 192 valence electrons. The van der Waals surface area contributed by atoms with Crippen LogP contribution in [0.1, 0.15) is 25.0 Å². The molecule has 0 saturated carbocycles. The molecule has 9 rings (SSSR count). The van der Waals surface area contributed by atoms with E-state index in [0.717, 1.165) is 0 Å². The molecule has 8 aromatic carbocycles. The summed E-state index contributed by atoms with van der Waals surface area (Å²) in [5.74, 6) is 0. The Balaban J connectivity index is 1.12. The lowest BCUT2D eigenvalue weighted by atomic mass is 9.81. The summed E-state index contributed by atoms with van der Waals surface area (Å²) >= 11 is 0. The highest BCUT2D eigenvalue weighted by Gasteiger charge is 2.35. The van der Waals surface area contributed by atoms with E-state index in [2.05, 4.69) is 147 Å². The molecular formula is C41H28. The van der Waals surface area contributed by atoms with Gasteiger partial charge in [0.05, 0.1) is 0 Å². The monoisotopic (exact) mass is 520 g/mol. The molecule has 0 radical (unpaired) electrons. The van der Waals surface area contributed by atoms with E-state index in [4.69, 9.17) is 0 Å². The number of rotatable bonds is 2. The molecule has 0 atom stereocenters. The lowest BCUT2D eigenvalue weighted by molar-refractivity contribution is 0.660. The second-order valence-electron chi connectivity index (χ2n) is 12.2. The highest BCUT2D eigenvalue weighted by atomic mass is 14.4. The van der Waals surface area contributed by atoms with Crippen LogP contribution >= 0.6 is 0 Å². The summed E-state index contributed by atoms with van der Waals surface area (Å²) in [7, 11) is 0. The molecule has 0 heterocycles. The molecule has 0 aromatic heterocycles. The number of hydrogen-bond donors (Lipinski definition) is 0. The van der Waals surface area contributed by atoms with Crippen molar-refractivity contribution in [1.82, 2.24) is 0 Å². The topological polar surface area (TPSA) is 0 Å². The third kappa shape index (κ3) is 3.22. The van der Waals surface area contributed by atoms with Crippen molar-refractivity contribution in [2.45, 2.75) is 19.3 Å². The molecule has 0 aliphatic heterocycles. The summed E-state index contributed by atoms with van der Waals surface area (Å²) in [6, 6.07) is 50.0. The van der Waals surface area contributed by atoms with Crippen molar-refractivity contribution >= 4 is 43.1 Å². The Morgan fingerprint density at radius 2 is 0.829 bits per heavy atom. The predicted octanol–water partition coefficient (Wildman–Crippen LogP) is 11.4. The molecular weight excluding hydrogens is 492 g/mol. The van der Waals surface area contributed by atoms with E-state index in [9.17, 15) is 0 Å². The summed E-state index contributed by atoms with van der Waals surface area (Å²) in [5, 5.41) is 10.5. The van der Waals surface area contributed by atoms with Gasteiger partial charge in [-0.1, -0.05) is 117 Å². The molecule has 8 aromatic rings. The van der Waals surface area contributed by atoms with E-state index >= 15 is 0 Å². The minimum Gasteiger partial charge on any atom is -0.0619 e. The Hall–Kier alpha value is -4.94. The van der Waals surface area contributed by atoms with Gasteiger partial charge in [0, 0.05) is 5.41 Å². The van der Waals surface area contributed by atoms with Gasteiger partial charge in [-0.2, -0.15) is 0 Å². The first-order chi connectivity index (χ1) is 20.0. The van der Waals surface area contributed by atoms with Gasteiger partial charge in [0.2, 0.25) is 0 Å². The average molecular weight is 521 g/mol. The Labute approximate surface area is 239 Å². The fourth-order valence-electron chi connectivity index (χ4n) is 7.41. The first kappa shape index (κ1) is 22.8. The number of fused-ring (bicyclic) bond motifs is 4. The average Bonchev–Trinajstić information content (AvgIpc) is 3.25. The normalized spacial score (nSPS) is 13.8.